The number of ether oxygens (including phenoxy) is 2. The molecule has 0 fully saturated rings. The van der Waals surface area contributed by atoms with Gasteiger partial charge in [0.2, 0.25) is 0 Å². The highest BCUT2D eigenvalue weighted by Crippen LogP contribution is 2.27. The number of benzene rings is 2. The van der Waals surface area contributed by atoms with Crippen LogP contribution in [0.3, 0.4) is 0 Å². The van der Waals surface area contributed by atoms with E-state index in [4.69, 9.17) is 9.47 Å². The molecule has 4 rings (SSSR count). The summed E-state index contributed by atoms with van der Waals surface area (Å²) >= 11 is 0. The van der Waals surface area contributed by atoms with Gasteiger partial charge >= 0.3 is 0 Å². The largest absolute Gasteiger partial charge is 0.497 e. The fourth-order valence-corrected chi connectivity index (χ4v) is 3.12. The molecule has 0 saturated carbocycles. The van der Waals surface area contributed by atoms with Crippen molar-refractivity contribution in [2.75, 3.05) is 7.11 Å². The number of methoxy groups -OCH3 is 1. The van der Waals surface area contributed by atoms with Gasteiger partial charge in [-0.3, -0.25) is 4.79 Å². The number of carbonyl (C=O) groups is 1. The maximum absolute atomic E-state index is 13.1. The Hall–Kier alpha value is -3.26. The van der Waals surface area contributed by atoms with Crippen LogP contribution in [-0.2, 0) is 24.4 Å². The summed E-state index contributed by atoms with van der Waals surface area (Å²) in [4.78, 5) is 12.5. The van der Waals surface area contributed by atoms with Crippen LogP contribution in [0.25, 0.3) is 0 Å². The van der Waals surface area contributed by atoms with Crippen molar-refractivity contribution >= 4 is 5.91 Å². The number of halogens is 1. The zero-order valence-electron chi connectivity index (χ0n) is 15.3. The van der Waals surface area contributed by atoms with E-state index in [9.17, 15) is 9.18 Å². The first-order valence-electron chi connectivity index (χ1n) is 8.84. The Labute approximate surface area is 161 Å². The number of nitrogens with one attached hydrogen (secondary N) is 1. The predicted octanol–water partition coefficient (Wildman–Crippen LogP) is 2.63. The second kappa shape index (κ2) is 7.77. The lowest BCUT2D eigenvalue weighted by atomic mass is 10.1. The average molecular weight is 382 g/mol. The summed E-state index contributed by atoms with van der Waals surface area (Å²) in [6.45, 7) is 0.968. The van der Waals surface area contributed by atoms with Gasteiger partial charge in [0.05, 0.1) is 26.0 Å². The van der Waals surface area contributed by atoms with Crippen molar-refractivity contribution in [3.05, 3.63) is 76.9 Å². The van der Waals surface area contributed by atoms with Crippen molar-refractivity contribution < 1.29 is 18.7 Å². The Morgan fingerprint density at radius 3 is 2.93 bits per heavy atom. The molecular formula is C20H19FN4O3. The van der Waals surface area contributed by atoms with E-state index in [2.05, 4.69) is 15.6 Å². The summed E-state index contributed by atoms with van der Waals surface area (Å²) in [5.41, 5.74) is 2.65. The van der Waals surface area contributed by atoms with Crippen LogP contribution in [0.5, 0.6) is 5.75 Å². The molecule has 1 aliphatic rings. The van der Waals surface area contributed by atoms with E-state index in [1.54, 1.807) is 23.9 Å². The van der Waals surface area contributed by atoms with Crippen molar-refractivity contribution in [1.82, 2.24) is 20.3 Å². The van der Waals surface area contributed by atoms with Crippen LogP contribution in [0.4, 0.5) is 4.39 Å². The zero-order valence-corrected chi connectivity index (χ0v) is 15.3. The Morgan fingerprint density at radius 1 is 1.32 bits per heavy atom. The molecule has 1 aliphatic heterocycles. The van der Waals surface area contributed by atoms with Crippen LogP contribution in [0.2, 0.25) is 0 Å². The summed E-state index contributed by atoms with van der Waals surface area (Å²) in [7, 11) is 1.60. The predicted molar refractivity (Wildman–Crippen MR) is 98.1 cm³/mol. The first-order valence-corrected chi connectivity index (χ1v) is 8.84. The SMILES string of the molecule is COc1cccc(CNC(=O)c2nnn3c2CO[C@@H](c2ccc(F)cc2)C3)c1. The van der Waals surface area contributed by atoms with Gasteiger partial charge in [0.1, 0.15) is 17.7 Å². The molecule has 0 saturated heterocycles. The molecule has 8 heteroatoms. The fourth-order valence-electron chi connectivity index (χ4n) is 3.12. The highest BCUT2D eigenvalue weighted by Gasteiger charge is 2.27. The molecule has 7 nitrogen and oxygen atoms in total. The standard InChI is InChI=1S/C20H19FN4O3/c1-27-16-4-2-3-13(9-16)10-22-20(26)19-17-12-28-18(11-25(17)24-23-19)14-5-7-15(21)8-6-14/h2-9,18H,10-12H2,1H3,(H,22,26)/t18-/m1/s1. The minimum Gasteiger partial charge on any atom is -0.497 e. The van der Waals surface area contributed by atoms with Gasteiger partial charge in [-0.05, 0) is 35.4 Å². The molecule has 0 spiro atoms. The number of carbonyl (C=O) groups excluding carboxylic acids is 1. The molecule has 3 aromatic rings. The van der Waals surface area contributed by atoms with Gasteiger partial charge in [-0.25, -0.2) is 9.07 Å². The summed E-state index contributed by atoms with van der Waals surface area (Å²) in [6.07, 6.45) is -0.262. The van der Waals surface area contributed by atoms with Crippen molar-refractivity contribution in [2.24, 2.45) is 0 Å². The van der Waals surface area contributed by atoms with Crippen molar-refractivity contribution in [1.29, 1.82) is 0 Å². The minimum atomic E-state index is -0.312. The van der Waals surface area contributed by atoms with E-state index >= 15 is 0 Å². The first kappa shape index (κ1) is 18.1. The van der Waals surface area contributed by atoms with Crippen molar-refractivity contribution in [3.8, 4) is 5.75 Å². The van der Waals surface area contributed by atoms with Crippen LogP contribution < -0.4 is 10.1 Å². The van der Waals surface area contributed by atoms with Gasteiger partial charge in [0, 0.05) is 6.54 Å². The first-order chi connectivity index (χ1) is 13.6. The Bertz CT molecular complexity index is 987. The normalized spacial score (nSPS) is 15.7. The third-order valence-electron chi connectivity index (χ3n) is 4.64. The molecule has 0 radical (unpaired) electrons. The average Bonchev–Trinajstić information content (AvgIpc) is 3.16. The summed E-state index contributed by atoms with van der Waals surface area (Å²) in [5.74, 6) is 0.122. The number of rotatable bonds is 5. The Morgan fingerprint density at radius 2 is 2.14 bits per heavy atom. The summed E-state index contributed by atoms with van der Waals surface area (Å²) in [5, 5.41) is 11.0. The van der Waals surface area contributed by atoms with E-state index < -0.39 is 0 Å². The van der Waals surface area contributed by atoms with Crippen LogP contribution in [0.1, 0.15) is 33.4 Å². The van der Waals surface area contributed by atoms with Crippen LogP contribution in [0, 0.1) is 5.82 Å². The third-order valence-corrected chi connectivity index (χ3v) is 4.64. The van der Waals surface area contributed by atoms with Gasteiger partial charge in [0.25, 0.3) is 5.91 Å². The third kappa shape index (κ3) is 3.72. The molecule has 1 atom stereocenters. The summed E-state index contributed by atoms with van der Waals surface area (Å²) < 4.78 is 25.8. The molecular weight excluding hydrogens is 363 g/mol. The number of hydrogen-bond acceptors (Lipinski definition) is 5. The molecule has 28 heavy (non-hydrogen) atoms. The topological polar surface area (TPSA) is 78.3 Å². The highest BCUT2D eigenvalue weighted by atomic mass is 19.1. The Balaban J connectivity index is 1.43. The van der Waals surface area contributed by atoms with E-state index in [0.29, 0.717) is 18.8 Å². The molecule has 0 bridgehead atoms. The molecule has 1 N–H and O–H groups in total. The number of aromatic nitrogens is 3. The van der Waals surface area contributed by atoms with E-state index in [1.165, 1.54) is 12.1 Å². The lowest BCUT2D eigenvalue weighted by Crippen LogP contribution is -2.27. The van der Waals surface area contributed by atoms with Gasteiger partial charge in [-0.1, -0.05) is 29.5 Å². The maximum atomic E-state index is 13.1. The molecule has 1 amide bonds. The maximum Gasteiger partial charge on any atom is 0.274 e. The number of hydrogen-bond donors (Lipinski definition) is 1. The lowest BCUT2D eigenvalue weighted by molar-refractivity contribution is -0.00180. The highest BCUT2D eigenvalue weighted by molar-refractivity contribution is 5.93. The number of fused-ring (bicyclic) bond motifs is 1. The van der Waals surface area contributed by atoms with E-state index in [-0.39, 0.29) is 30.1 Å². The second-order valence-electron chi connectivity index (χ2n) is 6.45. The minimum absolute atomic E-state index is 0.205. The fraction of sp³-hybridized carbons (Fsp3) is 0.250. The van der Waals surface area contributed by atoms with E-state index in [0.717, 1.165) is 16.9 Å². The molecule has 1 aromatic heterocycles. The quantitative estimate of drug-likeness (QED) is 0.734. The van der Waals surface area contributed by atoms with Gasteiger partial charge < -0.3 is 14.8 Å². The van der Waals surface area contributed by atoms with Crippen LogP contribution in [0.15, 0.2) is 48.5 Å². The smallest absolute Gasteiger partial charge is 0.274 e. The molecule has 0 aliphatic carbocycles. The summed E-state index contributed by atoms with van der Waals surface area (Å²) in [6, 6.07) is 13.6. The zero-order chi connectivity index (χ0) is 19.5. The number of nitrogens with zero attached hydrogens (tertiary/aromatic N) is 3. The van der Waals surface area contributed by atoms with E-state index in [1.807, 2.05) is 24.3 Å². The van der Waals surface area contributed by atoms with Crippen LogP contribution >= 0.6 is 0 Å². The molecule has 2 aromatic carbocycles. The Kier molecular flexibility index (Phi) is 5.03. The molecule has 144 valence electrons. The van der Waals surface area contributed by atoms with Crippen molar-refractivity contribution in [2.45, 2.75) is 25.8 Å². The van der Waals surface area contributed by atoms with Gasteiger partial charge in [-0.2, -0.15) is 0 Å². The number of amides is 1. The molecule has 2 heterocycles. The molecule has 0 unspecified atom stereocenters. The second-order valence-corrected chi connectivity index (χ2v) is 6.45. The van der Waals surface area contributed by atoms with Gasteiger partial charge in [0.15, 0.2) is 5.69 Å². The van der Waals surface area contributed by atoms with Crippen LogP contribution in [-0.4, -0.2) is 28.0 Å². The lowest BCUT2D eigenvalue weighted by Gasteiger charge is -2.24. The monoisotopic (exact) mass is 382 g/mol. The van der Waals surface area contributed by atoms with Gasteiger partial charge in [-0.15, -0.1) is 5.10 Å². The van der Waals surface area contributed by atoms with Crippen molar-refractivity contribution in [3.63, 3.8) is 0 Å².